The molecule has 0 spiro atoms. The zero-order valence-electron chi connectivity index (χ0n) is 17.4. The van der Waals surface area contributed by atoms with Crippen molar-refractivity contribution < 1.29 is 23.7 Å². The van der Waals surface area contributed by atoms with Crippen molar-refractivity contribution in [3.8, 4) is 29.1 Å². The van der Waals surface area contributed by atoms with Gasteiger partial charge in [-0.3, -0.25) is 4.79 Å². The van der Waals surface area contributed by atoms with Crippen LogP contribution in [0.15, 0.2) is 35.9 Å². The first kappa shape index (κ1) is 22.3. The summed E-state index contributed by atoms with van der Waals surface area (Å²) < 4.78 is 22.3. The van der Waals surface area contributed by atoms with Crippen LogP contribution in [-0.2, 0) is 4.79 Å². The SMILES string of the molecule is CCCOc1c(Cl)cc(/C=C(\C#N)C(=O)Nc2ccc3c(c2)OCCO3)cc1OCC. The number of nitrogens with zero attached hydrogens (tertiary/aromatic N) is 1. The van der Waals surface area contributed by atoms with E-state index in [1.165, 1.54) is 6.08 Å². The van der Waals surface area contributed by atoms with Crippen LogP contribution in [0.1, 0.15) is 25.8 Å². The maximum absolute atomic E-state index is 12.7. The van der Waals surface area contributed by atoms with Gasteiger partial charge < -0.3 is 24.3 Å². The topological polar surface area (TPSA) is 89.8 Å². The number of amides is 1. The first-order valence-electron chi connectivity index (χ1n) is 9.97. The number of ether oxygens (including phenoxy) is 4. The van der Waals surface area contributed by atoms with Gasteiger partial charge in [-0.15, -0.1) is 0 Å². The molecule has 1 amide bonds. The minimum Gasteiger partial charge on any atom is -0.490 e. The van der Waals surface area contributed by atoms with Crippen LogP contribution in [0.3, 0.4) is 0 Å². The smallest absolute Gasteiger partial charge is 0.266 e. The molecule has 0 fully saturated rings. The van der Waals surface area contributed by atoms with E-state index in [9.17, 15) is 10.1 Å². The Kier molecular flexibility index (Phi) is 7.63. The number of hydrogen-bond donors (Lipinski definition) is 1. The van der Waals surface area contributed by atoms with Crippen molar-refractivity contribution in [3.63, 3.8) is 0 Å². The molecule has 162 valence electrons. The molecule has 1 aliphatic heterocycles. The summed E-state index contributed by atoms with van der Waals surface area (Å²) in [4.78, 5) is 12.7. The zero-order valence-corrected chi connectivity index (χ0v) is 18.1. The molecule has 0 saturated carbocycles. The monoisotopic (exact) mass is 442 g/mol. The van der Waals surface area contributed by atoms with Crippen LogP contribution in [0, 0.1) is 11.3 Å². The first-order chi connectivity index (χ1) is 15.0. The number of carbonyl (C=O) groups is 1. The summed E-state index contributed by atoms with van der Waals surface area (Å²) in [5.41, 5.74) is 0.952. The Morgan fingerprint density at radius 2 is 1.97 bits per heavy atom. The molecule has 1 N–H and O–H groups in total. The summed E-state index contributed by atoms with van der Waals surface area (Å²) in [6, 6.07) is 10.3. The number of fused-ring (bicyclic) bond motifs is 1. The van der Waals surface area contributed by atoms with E-state index in [2.05, 4.69) is 5.32 Å². The number of carbonyl (C=O) groups excluding carboxylic acids is 1. The average Bonchev–Trinajstić information content (AvgIpc) is 2.77. The summed E-state index contributed by atoms with van der Waals surface area (Å²) in [7, 11) is 0. The van der Waals surface area contributed by atoms with E-state index >= 15 is 0 Å². The van der Waals surface area contributed by atoms with E-state index in [0.29, 0.717) is 65.7 Å². The van der Waals surface area contributed by atoms with Gasteiger partial charge >= 0.3 is 0 Å². The second-order valence-corrected chi connectivity index (χ2v) is 7.00. The van der Waals surface area contributed by atoms with Crippen molar-refractivity contribution >= 4 is 29.3 Å². The third kappa shape index (κ3) is 5.62. The lowest BCUT2D eigenvalue weighted by Crippen LogP contribution is -2.17. The number of benzene rings is 2. The van der Waals surface area contributed by atoms with E-state index in [-0.39, 0.29) is 5.57 Å². The minimum absolute atomic E-state index is 0.0874. The van der Waals surface area contributed by atoms with E-state index < -0.39 is 5.91 Å². The van der Waals surface area contributed by atoms with E-state index in [1.807, 2.05) is 19.9 Å². The summed E-state index contributed by atoms with van der Waals surface area (Å²) in [6.45, 7) is 5.67. The Bertz CT molecular complexity index is 1030. The number of rotatable bonds is 8. The quantitative estimate of drug-likeness (QED) is 0.464. The molecule has 0 atom stereocenters. The highest BCUT2D eigenvalue weighted by Gasteiger charge is 2.16. The highest BCUT2D eigenvalue weighted by Crippen LogP contribution is 2.37. The normalized spacial score (nSPS) is 12.6. The second kappa shape index (κ2) is 10.6. The van der Waals surface area contributed by atoms with Gasteiger partial charge in [0, 0.05) is 11.8 Å². The van der Waals surface area contributed by atoms with Gasteiger partial charge in [-0.05, 0) is 49.2 Å². The Balaban J connectivity index is 1.83. The molecular weight excluding hydrogens is 420 g/mol. The molecule has 1 heterocycles. The lowest BCUT2D eigenvalue weighted by atomic mass is 10.1. The molecule has 0 aromatic heterocycles. The number of nitrogens with one attached hydrogen (secondary N) is 1. The third-order valence-electron chi connectivity index (χ3n) is 4.26. The van der Waals surface area contributed by atoms with Gasteiger partial charge in [-0.2, -0.15) is 5.26 Å². The fourth-order valence-corrected chi connectivity index (χ4v) is 3.19. The van der Waals surface area contributed by atoms with Crippen molar-refractivity contribution in [1.29, 1.82) is 5.26 Å². The van der Waals surface area contributed by atoms with E-state index in [4.69, 9.17) is 30.5 Å². The van der Waals surface area contributed by atoms with Crippen LogP contribution >= 0.6 is 11.6 Å². The molecule has 0 saturated heterocycles. The van der Waals surface area contributed by atoms with Gasteiger partial charge in [0.15, 0.2) is 23.0 Å². The van der Waals surface area contributed by atoms with Crippen molar-refractivity contribution in [3.05, 3.63) is 46.5 Å². The lowest BCUT2D eigenvalue weighted by molar-refractivity contribution is -0.112. The molecule has 2 aromatic rings. The lowest BCUT2D eigenvalue weighted by Gasteiger charge is -2.19. The summed E-state index contributed by atoms with van der Waals surface area (Å²) in [5, 5.41) is 12.6. The second-order valence-electron chi connectivity index (χ2n) is 6.59. The molecule has 1 aliphatic rings. The first-order valence-corrected chi connectivity index (χ1v) is 10.4. The molecule has 0 unspecified atom stereocenters. The number of nitriles is 1. The van der Waals surface area contributed by atoms with Crippen molar-refractivity contribution in [2.24, 2.45) is 0 Å². The summed E-state index contributed by atoms with van der Waals surface area (Å²) in [5.74, 6) is 1.51. The van der Waals surface area contributed by atoms with Crippen molar-refractivity contribution in [2.45, 2.75) is 20.3 Å². The van der Waals surface area contributed by atoms with Gasteiger partial charge in [0.1, 0.15) is 24.9 Å². The van der Waals surface area contributed by atoms with E-state index in [0.717, 1.165) is 6.42 Å². The Labute approximate surface area is 186 Å². The fraction of sp³-hybridized carbons (Fsp3) is 0.304. The summed E-state index contributed by atoms with van der Waals surface area (Å²) in [6.07, 6.45) is 2.27. The van der Waals surface area contributed by atoms with Gasteiger partial charge in [0.05, 0.1) is 18.2 Å². The zero-order chi connectivity index (χ0) is 22.2. The molecule has 0 bridgehead atoms. The van der Waals surface area contributed by atoms with Gasteiger partial charge in [-0.25, -0.2) is 0 Å². The maximum Gasteiger partial charge on any atom is 0.266 e. The van der Waals surface area contributed by atoms with Crippen LogP contribution in [0.4, 0.5) is 5.69 Å². The molecule has 8 heteroatoms. The Morgan fingerprint density at radius 1 is 1.19 bits per heavy atom. The third-order valence-corrected chi connectivity index (χ3v) is 4.54. The molecule has 0 aliphatic carbocycles. The van der Waals surface area contributed by atoms with Crippen molar-refractivity contribution in [2.75, 3.05) is 31.7 Å². The molecule has 31 heavy (non-hydrogen) atoms. The highest BCUT2D eigenvalue weighted by atomic mass is 35.5. The van der Waals surface area contributed by atoms with Gasteiger partial charge in [0.25, 0.3) is 5.91 Å². The van der Waals surface area contributed by atoms with E-state index in [1.54, 1.807) is 30.3 Å². The number of hydrogen-bond acceptors (Lipinski definition) is 6. The van der Waals surface area contributed by atoms with Crippen molar-refractivity contribution in [1.82, 2.24) is 0 Å². The Morgan fingerprint density at radius 3 is 2.68 bits per heavy atom. The predicted molar refractivity (Wildman–Crippen MR) is 118 cm³/mol. The number of anilines is 1. The maximum atomic E-state index is 12.7. The van der Waals surface area contributed by atoms with Gasteiger partial charge in [0.2, 0.25) is 0 Å². The molecule has 2 aromatic carbocycles. The molecular formula is C23H23ClN2O5. The number of halogens is 1. The standard InChI is InChI=1S/C23H23ClN2O5/c1-3-7-31-22-18(24)11-15(12-21(22)28-4-2)10-16(14-25)23(27)26-17-5-6-19-20(13-17)30-9-8-29-19/h5-6,10-13H,3-4,7-9H2,1-2H3,(H,26,27)/b16-10+. The van der Waals surface area contributed by atoms with Crippen LogP contribution < -0.4 is 24.3 Å². The molecule has 3 rings (SSSR count). The molecule has 0 radical (unpaired) electrons. The summed E-state index contributed by atoms with van der Waals surface area (Å²) >= 11 is 6.37. The van der Waals surface area contributed by atoms with Crippen LogP contribution in [0.2, 0.25) is 5.02 Å². The highest BCUT2D eigenvalue weighted by molar-refractivity contribution is 6.32. The largest absolute Gasteiger partial charge is 0.490 e. The molecule has 7 nitrogen and oxygen atoms in total. The van der Waals surface area contributed by atoms with Crippen LogP contribution in [0.25, 0.3) is 6.08 Å². The van der Waals surface area contributed by atoms with Crippen LogP contribution in [-0.4, -0.2) is 32.3 Å². The predicted octanol–water partition coefficient (Wildman–Crippen LogP) is 4.84. The van der Waals surface area contributed by atoms with Gasteiger partial charge in [-0.1, -0.05) is 18.5 Å². The Hall–Kier alpha value is -3.37. The fourth-order valence-electron chi connectivity index (χ4n) is 2.91. The average molecular weight is 443 g/mol. The minimum atomic E-state index is -0.556. The van der Waals surface area contributed by atoms with Crippen LogP contribution in [0.5, 0.6) is 23.0 Å².